The zero-order valence-electron chi connectivity index (χ0n) is 15.2. The van der Waals surface area contributed by atoms with E-state index < -0.39 is 5.97 Å². The third-order valence-corrected chi connectivity index (χ3v) is 4.75. The SMILES string of the molecule is CCN(CC(=O)O)C1CC(NC(=O)CCc2ccc(C(=O)OC)cc2)C1. The predicted molar refractivity (Wildman–Crippen MR) is 95.9 cm³/mol. The van der Waals surface area contributed by atoms with Crippen LogP contribution >= 0.6 is 0 Å². The Kier molecular flexibility index (Phi) is 7.15. The molecule has 0 unspecified atom stereocenters. The average molecular weight is 362 g/mol. The number of benzene rings is 1. The van der Waals surface area contributed by atoms with Gasteiger partial charge in [0, 0.05) is 18.5 Å². The Bertz CT molecular complexity index is 638. The summed E-state index contributed by atoms with van der Waals surface area (Å²) in [4.78, 5) is 36.2. The van der Waals surface area contributed by atoms with Crippen LogP contribution in [0.15, 0.2) is 24.3 Å². The molecule has 0 aromatic heterocycles. The fraction of sp³-hybridized carbons (Fsp3) is 0.526. The summed E-state index contributed by atoms with van der Waals surface area (Å²) in [5, 5.41) is 11.9. The van der Waals surface area contributed by atoms with Crippen molar-refractivity contribution in [3.8, 4) is 0 Å². The number of hydrogen-bond acceptors (Lipinski definition) is 5. The summed E-state index contributed by atoms with van der Waals surface area (Å²) in [6, 6.07) is 7.38. The zero-order valence-corrected chi connectivity index (χ0v) is 15.2. The van der Waals surface area contributed by atoms with E-state index in [0.29, 0.717) is 24.9 Å². The summed E-state index contributed by atoms with van der Waals surface area (Å²) in [6.07, 6.45) is 2.57. The van der Waals surface area contributed by atoms with Crippen LogP contribution in [0.1, 0.15) is 42.1 Å². The minimum absolute atomic E-state index is 0.00761. The summed E-state index contributed by atoms with van der Waals surface area (Å²) in [5.41, 5.74) is 1.47. The molecule has 7 nitrogen and oxygen atoms in total. The fourth-order valence-electron chi connectivity index (χ4n) is 3.16. The smallest absolute Gasteiger partial charge is 0.337 e. The molecule has 0 bridgehead atoms. The highest BCUT2D eigenvalue weighted by molar-refractivity contribution is 5.89. The maximum atomic E-state index is 12.1. The summed E-state index contributed by atoms with van der Waals surface area (Å²) >= 11 is 0. The monoisotopic (exact) mass is 362 g/mol. The first-order chi connectivity index (χ1) is 12.4. The van der Waals surface area contributed by atoms with E-state index in [1.54, 1.807) is 12.1 Å². The van der Waals surface area contributed by atoms with Crippen LogP contribution in [0.2, 0.25) is 0 Å². The molecule has 1 aromatic rings. The Hall–Kier alpha value is -2.41. The number of aryl methyl sites for hydroxylation is 1. The lowest BCUT2D eigenvalue weighted by Crippen LogP contribution is -2.54. The van der Waals surface area contributed by atoms with E-state index in [-0.39, 0.29) is 30.5 Å². The molecule has 1 aliphatic rings. The topological polar surface area (TPSA) is 95.9 Å². The number of esters is 1. The molecule has 0 saturated heterocycles. The highest BCUT2D eigenvalue weighted by atomic mass is 16.5. The Morgan fingerprint density at radius 1 is 1.23 bits per heavy atom. The molecule has 0 spiro atoms. The van der Waals surface area contributed by atoms with Crippen LogP contribution in [-0.2, 0) is 20.7 Å². The normalized spacial score (nSPS) is 18.9. The first-order valence-electron chi connectivity index (χ1n) is 8.85. The average Bonchev–Trinajstić information content (AvgIpc) is 2.60. The third-order valence-electron chi connectivity index (χ3n) is 4.75. The van der Waals surface area contributed by atoms with Gasteiger partial charge in [-0.2, -0.15) is 0 Å². The minimum Gasteiger partial charge on any atom is -0.480 e. The lowest BCUT2D eigenvalue weighted by Gasteiger charge is -2.42. The first kappa shape index (κ1) is 19.9. The molecule has 1 aromatic carbocycles. The third kappa shape index (κ3) is 5.56. The molecule has 1 aliphatic carbocycles. The number of carbonyl (C=O) groups is 3. The van der Waals surface area contributed by atoms with Crippen molar-refractivity contribution < 1.29 is 24.2 Å². The number of carboxylic acids is 1. The van der Waals surface area contributed by atoms with Crippen LogP contribution in [0.25, 0.3) is 0 Å². The van der Waals surface area contributed by atoms with Crippen LogP contribution in [0.3, 0.4) is 0 Å². The van der Waals surface area contributed by atoms with E-state index in [1.807, 2.05) is 24.0 Å². The molecule has 7 heteroatoms. The van der Waals surface area contributed by atoms with Gasteiger partial charge in [0.05, 0.1) is 19.2 Å². The van der Waals surface area contributed by atoms with Crippen LogP contribution in [0.4, 0.5) is 0 Å². The molecule has 2 N–H and O–H groups in total. The molecule has 26 heavy (non-hydrogen) atoms. The number of carboxylic acid groups (broad SMARTS) is 1. The Balaban J connectivity index is 1.70. The number of nitrogens with zero attached hydrogens (tertiary/aromatic N) is 1. The van der Waals surface area contributed by atoms with Crippen molar-refractivity contribution in [2.75, 3.05) is 20.2 Å². The molecule has 0 atom stereocenters. The van der Waals surface area contributed by atoms with E-state index in [9.17, 15) is 14.4 Å². The van der Waals surface area contributed by atoms with Crippen LogP contribution in [0, 0.1) is 0 Å². The van der Waals surface area contributed by atoms with Crippen molar-refractivity contribution in [3.05, 3.63) is 35.4 Å². The van der Waals surface area contributed by atoms with Gasteiger partial charge < -0.3 is 15.2 Å². The first-order valence-corrected chi connectivity index (χ1v) is 8.85. The van der Waals surface area contributed by atoms with E-state index in [2.05, 4.69) is 10.1 Å². The zero-order chi connectivity index (χ0) is 19.1. The second-order valence-electron chi connectivity index (χ2n) is 6.54. The fourth-order valence-corrected chi connectivity index (χ4v) is 3.16. The highest BCUT2D eigenvalue weighted by Crippen LogP contribution is 2.25. The van der Waals surface area contributed by atoms with E-state index in [0.717, 1.165) is 18.4 Å². The Morgan fingerprint density at radius 2 is 1.88 bits per heavy atom. The number of rotatable bonds is 9. The second-order valence-corrected chi connectivity index (χ2v) is 6.54. The van der Waals surface area contributed by atoms with E-state index in [1.165, 1.54) is 7.11 Å². The lowest BCUT2D eigenvalue weighted by atomic mass is 9.85. The Labute approximate surface area is 153 Å². The predicted octanol–water partition coefficient (Wildman–Crippen LogP) is 1.46. The summed E-state index contributed by atoms with van der Waals surface area (Å²) in [6.45, 7) is 2.68. The van der Waals surface area contributed by atoms with Gasteiger partial charge in [-0.15, -0.1) is 0 Å². The quantitative estimate of drug-likeness (QED) is 0.646. The van der Waals surface area contributed by atoms with Crippen LogP contribution in [0.5, 0.6) is 0 Å². The van der Waals surface area contributed by atoms with Gasteiger partial charge in [-0.05, 0) is 43.5 Å². The van der Waals surface area contributed by atoms with Crippen molar-refractivity contribution in [2.24, 2.45) is 0 Å². The number of hydrogen-bond donors (Lipinski definition) is 2. The molecular weight excluding hydrogens is 336 g/mol. The summed E-state index contributed by atoms with van der Waals surface area (Å²) < 4.78 is 4.65. The second kappa shape index (κ2) is 9.33. The number of methoxy groups -OCH3 is 1. The molecule has 142 valence electrons. The maximum Gasteiger partial charge on any atom is 0.337 e. The van der Waals surface area contributed by atoms with Gasteiger partial charge in [-0.1, -0.05) is 19.1 Å². The number of ether oxygens (including phenoxy) is 1. The van der Waals surface area contributed by atoms with Gasteiger partial charge in [-0.3, -0.25) is 14.5 Å². The molecule has 1 fully saturated rings. The summed E-state index contributed by atoms with van der Waals surface area (Å²) in [7, 11) is 1.34. The van der Waals surface area contributed by atoms with Crippen molar-refractivity contribution in [1.29, 1.82) is 0 Å². The minimum atomic E-state index is -0.822. The van der Waals surface area contributed by atoms with Gasteiger partial charge in [0.15, 0.2) is 0 Å². The molecule has 1 amide bonds. The number of amides is 1. The van der Waals surface area contributed by atoms with Gasteiger partial charge in [0.2, 0.25) is 5.91 Å². The lowest BCUT2D eigenvalue weighted by molar-refractivity contribution is -0.139. The van der Waals surface area contributed by atoms with Gasteiger partial charge >= 0.3 is 11.9 Å². The largest absolute Gasteiger partial charge is 0.480 e. The molecule has 0 radical (unpaired) electrons. The van der Waals surface area contributed by atoms with Gasteiger partial charge in [0.25, 0.3) is 0 Å². The molecule has 1 saturated carbocycles. The molecule has 2 rings (SSSR count). The van der Waals surface area contributed by atoms with Crippen molar-refractivity contribution >= 4 is 17.8 Å². The van der Waals surface area contributed by atoms with Crippen LogP contribution in [-0.4, -0.2) is 60.1 Å². The Morgan fingerprint density at radius 3 is 2.42 bits per heavy atom. The number of carbonyl (C=O) groups excluding carboxylic acids is 2. The van der Waals surface area contributed by atoms with Crippen molar-refractivity contribution in [3.63, 3.8) is 0 Å². The number of likely N-dealkylation sites (N-methyl/N-ethyl adjacent to an activating group) is 1. The van der Waals surface area contributed by atoms with E-state index in [4.69, 9.17) is 5.11 Å². The van der Waals surface area contributed by atoms with E-state index >= 15 is 0 Å². The standard InChI is InChI=1S/C19H26N2O5/c1-3-21(12-18(23)24)16-10-15(11-16)20-17(22)9-6-13-4-7-14(8-5-13)19(25)26-2/h4-5,7-8,15-16H,3,6,9-12H2,1-2H3,(H,20,22)(H,23,24). The van der Waals surface area contributed by atoms with Crippen molar-refractivity contribution in [1.82, 2.24) is 10.2 Å². The van der Waals surface area contributed by atoms with Crippen molar-refractivity contribution in [2.45, 2.75) is 44.7 Å². The van der Waals surface area contributed by atoms with Gasteiger partial charge in [0.1, 0.15) is 0 Å². The highest BCUT2D eigenvalue weighted by Gasteiger charge is 2.34. The maximum absolute atomic E-state index is 12.1. The van der Waals surface area contributed by atoms with Gasteiger partial charge in [-0.25, -0.2) is 4.79 Å². The molecular formula is C19H26N2O5. The van der Waals surface area contributed by atoms with Crippen LogP contribution < -0.4 is 5.32 Å². The molecule has 0 aliphatic heterocycles. The molecule has 0 heterocycles. The summed E-state index contributed by atoms with van der Waals surface area (Å²) in [5.74, 6) is -1.21. The number of aliphatic carboxylic acids is 1. The number of nitrogens with one attached hydrogen (secondary N) is 1.